The van der Waals surface area contributed by atoms with Crippen LogP contribution in [0, 0.1) is 5.92 Å². The standard InChI is InChI=1S/C12H17N3O2/c16-11(17)5-4-10-3-1-8-15(9-10)12-13-6-2-7-14-12/h2,6-7,10H,1,3-5,8-9H2,(H,16,17). The summed E-state index contributed by atoms with van der Waals surface area (Å²) in [6.07, 6.45) is 6.68. The zero-order valence-electron chi connectivity index (χ0n) is 9.75. The van der Waals surface area contributed by atoms with Gasteiger partial charge >= 0.3 is 5.97 Å². The van der Waals surface area contributed by atoms with Crippen molar-refractivity contribution in [2.75, 3.05) is 18.0 Å². The monoisotopic (exact) mass is 235 g/mol. The SMILES string of the molecule is O=C(O)CCC1CCCN(c2ncccn2)C1. The number of carboxylic acid groups (broad SMARTS) is 1. The second-order valence-electron chi connectivity index (χ2n) is 4.44. The van der Waals surface area contributed by atoms with Gasteiger partial charge in [0.05, 0.1) is 0 Å². The Balaban J connectivity index is 1.91. The van der Waals surface area contributed by atoms with Crippen LogP contribution in [0.2, 0.25) is 0 Å². The van der Waals surface area contributed by atoms with Crippen LogP contribution in [-0.4, -0.2) is 34.1 Å². The van der Waals surface area contributed by atoms with Gasteiger partial charge in [-0.15, -0.1) is 0 Å². The molecule has 1 atom stereocenters. The van der Waals surface area contributed by atoms with Gasteiger partial charge in [0.1, 0.15) is 0 Å². The highest BCUT2D eigenvalue weighted by molar-refractivity contribution is 5.66. The molecule has 0 radical (unpaired) electrons. The number of hydrogen-bond donors (Lipinski definition) is 1. The van der Waals surface area contributed by atoms with Crippen molar-refractivity contribution in [2.45, 2.75) is 25.7 Å². The molecule has 1 fully saturated rings. The first-order valence-electron chi connectivity index (χ1n) is 5.99. The van der Waals surface area contributed by atoms with Gasteiger partial charge in [-0.05, 0) is 31.2 Å². The van der Waals surface area contributed by atoms with Crippen LogP contribution in [0.15, 0.2) is 18.5 Å². The summed E-state index contributed by atoms with van der Waals surface area (Å²) in [7, 11) is 0. The Morgan fingerprint density at radius 3 is 2.94 bits per heavy atom. The Morgan fingerprint density at radius 2 is 2.24 bits per heavy atom. The lowest BCUT2D eigenvalue weighted by molar-refractivity contribution is -0.137. The van der Waals surface area contributed by atoms with Crippen molar-refractivity contribution in [3.8, 4) is 0 Å². The van der Waals surface area contributed by atoms with E-state index in [9.17, 15) is 4.79 Å². The molecule has 0 spiro atoms. The second kappa shape index (κ2) is 5.61. The molecule has 1 saturated heterocycles. The third-order valence-corrected chi connectivity index (χ3v) is 3.12. The molecule has 5 nitrogen and oxygen atoms in total. The van der Waals surface area contributed by atoms with E-state index >= 15 is 0 Å². The number of nitrogens with zero attached hydrogens (tertiary/aromatic N) is 3. The van der Waals surface area contributed by atoms with Crippen molar-refractivity contribution in [3.63, 3.8) is 0 Å². The normalized spacial score (nSPS) is 20.2. The summed E-state index contributed by atoms with van der Waals surface area (Å²) in [6.45, 7) is 1.84. The lowest BCUT2D eigenvalue weighted by atomic mass is 9.93. The minimum atomic E-state index is -0.710. The number of anilines is 1. The Morgan fingerprint density at radius 1 is 1.47 bits per heavy atom. The zero-order valence-corrected chi connectivity index (χ0v) is 9.75. The molecule has 1 aromatic rings. The summed E-state index contributed by atoms with van der Waals surface area (Å²) >= 11 is 0. The molecule has 0 bridgehead atoms. The van der Waals surface area contributed by atoms with Crippen LogP contribution in [0.5, 0.6) is 0 Å². The summed E-state index contributed by atoms with van der Waals surface area (Å²) in [6, 6.07) is 1.80. The number of rotatable bonds is 4. The number of aliphatic carboxylic acids is 1. The summed E-state index contributed by atoms with van der Waals surface area (Å²) < 4.78 is 0. The third kappa shape index (κ3) is 3.41. The number of hydrogen-bond acceptors (Lipinski definition) is 4. The van der Waals surface area contributed by atoms with Crippen molar-refractivity contribution >= 4 is 11.9 Å². The molecule has 0 aliphatic carbocycles. The number of piperidine rings is 1. The summed E-state index contributed by atoms with van der Waals surface area (Å²) in [4.78, 5) is 21.2. The Labute approximate surface area is 100 Å². The van der Waals surface area contributed by atoms with Gasteiger partial charge in [-0.1, -0.05) is 0 Å². The van der Waals surface area contributed by atoms with Crippen LogP contribution < -0.4 is 4.90 Å². The maximum absolute atomic E-state index is 10.6. The lowest BCUT2D eigenvalue weighted by Gasteiger charge is -2.32. The quantitative estimate of drug-likeness (QED) is 0.857. The third-order valence-electron chi connectivity index (χ3n) is 3.12. The van der Waals surface area contributed by atoms with Gasteiger partial charge in [-0.25, -0.2) is 9.97 Å². The fourth-order valence-electron chi connectivity index (χ4n) is 2.26. The molecule has 2 heterocycles. The maximum Gasteiger partial charge on any atom is 0.303 e. The molecule has 1 unspecified atom stereocenters. The van der Waals surface area contributed by atoms with Gasteiger partial charge in [-0.3, -0.25) is 4.79 Å². The molecule has 1 aliphatic rings. The minimum absolute atomic E-state index is 0.258. The van der Waals surface area contributed by atoms with E-state index in [2.05, 4.69) is 14.9 Å². The molecule has 1 aliphatic heterocycles. The van der Waals surface area contributed by atoms with Gasteiger partial charge in [0.25, 0.3) is 0 Å². The Hall–Kier alpha value is -1.65. The van der Waals surface area contributed by atoms with E-state index in [4.69, 9.17) is 5.11 Å². The second-order valence-corrected chi connectivity index (χ2v) is 4.44. The Bertz CT molecular complexity index is 369. The van der Waals surface area contributed by atoms with Crippen molar-refractivity contribution in [2.24, 2.45) is 5.92 Å². The van der Waals surface area contributed by atoms with Gasteiger partial charge in [0, 0.05) is 31.9 Å². The van der Waals surface area contributed by atoms with E-state index in [0.29, 0.717) is 5.92 Å². The first kappa shape index (κ1) is 11.8. The molecule has 1 N–H and O–H groups in total. The first-order valence-corrected chi connectivity index (χ1v) is 5.99. The predicted molar refractivity (Wildman–Crippen MR) is 63.8 cm³/mol. The van der Waals surface area contributed by atoms with E-state index in [1.165, 1.54) is 0 Å². The number of aromatic nitrogens is 2. The van der Waals surface area contributed by atoms with Crippen molar-refractivity contribution in [3.05, 3.63) is 18.5 Å². The number of carboxylic acids is 1. The Kier molecular flexibility index (Phi) is 3.90. The molecule has 5 heteroatoms. The van der Waals surface area contributed by atoms with E-state index in [-0.39, 0.29) is 6.42 Å². The highest BCUT2D eigenvalue weighted by Gasteiger charge is 2.21. The average Bonchev–Trinajstić information content (AvgIpc) is 2.38. The number of carbonyl (C=O) groups is 1. The van der Waals surface area contributed by atoms with Gasteiger partial charge in [0.2, 0.25) is 5.95 Å². The zero-order chi connectivity index (χ0) is 12.1. The maximum atomic E-state index is 10.6. The molecule has 0 saturated carbocycles. The highest BCUT2D eigenvalue weighted by atomic mass is 16.4. The predicted octanol–water partition coefficient (Wildman–Crippen LogP) is 1.56. The van der Waals surface area contributed by atoms with E-state index in [1.807, 2.05) is 0 Å². The summed E-state index contributed by atoms with van der Waals surface area (Å²) in [5.41, 5.74) is 0. The molecule has 1 aromatic heterocycles. The fourth-order valence-corrected chi connectivity index (χ4v) is 2.26. The van der Waals surface area contributed by atoms with Crippen molar-refractivity contribution in [1.29, 1.82) is 0 Å². The van der Waals surface area contributed by atoms with E-state index in [0.717, 1.165) is 38.3 Å². The topological polar surface area (TPSA) is 66.3 Å². The summed E-state index contributed by atoms with van der Waals surface area (Å²) in [5.74, 6) is 0.495. The van der Waals surface area contributed by atoms with Crippen LogP contribution in [0.25, 0.3) is 0 Å². The molecule has 0 amide bonds. The molecule has 0 aromatic carbocycles. The fraction of sp³-hybridized carbons (Fsp3) is 0.583. The first-order chi connectivity index (χ1) is 8.25. The summed E-state index contributed by atoms with van der Waals surface area (Å²) in [5, 5.41) is 8.69. The van der Waals surface area contributed by atoms with Gasteiger partial charge < -0.3 is 10.0 Å². The van der Waals surface area contributed by atoms with Crippen molar-refractivity contribution < 1.29 is 9.90 Å². The van der Waals surface area contributed by atoms with E-state index < -0.39 is 5.97 Å². The average molecular weight is 235 g/mol. The molecule has 92 valence electrons. The highest BCUT2D eigenvalue weighted by Crippen LogP contribution is 2.23. The van der Waals surface area contributed by atoms with E-state index in [1.54, 1.807) is 18.5 Å². The molecule has 2 rings (SSSR count). The van der Waals surface area contributed by atoms with Crippen LogP contribution in [-0.2, 0) is 4.79 Å². The lowest BCUT2D eigenvalue weighted by Crippen LogP contribution is -2.36. The van der Waals surface area contributed by atoms with Crippen LogP contribution in [0.3, 0.4) is 0 Å². The smallest absolute Gasteiger partial charge is 0.303 e. The van der Waals surface area contributed by atoms with Gasteiger partial charge in [-0.2, -0.15) is 0 Å². The minimum Gasteiger partial charge on any atom is -0.481 e. The van der Waals surface area contributed by atoms with Crippen molar-refractivity contribution in [1.82, 2.24) is 9.97 Å². The van der Waals surface area contributed by atoms with Gasteiger partial charge in [0.15, 0.2) is 0 Å². The molecular formula is C12H17N3O2. The largest absolute Gasteiger partial charge is 0.481 e. The molecular weight excluding hydrogens is 218 g/mol. The molecule has 17 heavy (non-hydrogen) atoms. The van der Waals surface area contributed by atoms with Crippen LogP contribution >= 0.6 is 0 Å². The van der Waals surface area contributed by atoms with Crippen LogP contribution in [0.1, 0.15) is 25.7 Å². The van der Waals surface area contributed by atoms with Crippen LogP contribution in [0.4, 0.5) is 5.95 Å².